The Morgan fingerprint density at radius 3 is 2.36 bits per heavy atom. The van der Waals surface area contributed by atoms with Gasteiger partial charge < -0.3 is 10.2 Å². The van der Waals surface area contributed by atoms with E-state index in [-0.39, 0.29) is 11.3 Å². The largest absolute Gasteiger partial charge is 0.356 e. The molecular formula is C22H28N2O. The molecule has 1 saturated carbocycles. The Labute approximate surface area is 151 Å². The van der Waals surface area contributed by atoms with Gasteiger partial charge in [-0.1, -0.05) is 60.7 Å². The van der Waals surface area contributed by atoms with Crippen LogP contribution in [0.3, 0.4) is 0 Å². The van der Waals surface area contributed by atoms with Crippen molar-refractivity contribution in [1.82, 2.24) is 10.2 Å². The lowest BCUT2D eigenvalue weighted by molar-refractivity contribution is -0.121. The average Bonchev–Trinajstić information content (AvgIpc) is 3.29. The van der Waals surface area contributed by atoms with E-state index in [1.54, 1.807) is 0 Å². The first kappa shape index (κ1) is 17.7. The third-order valence-electron chi connectivity index (χ3n) is 5.22. The van der Waals surface area contributed by atoms with E-state index < -0.39 is 0 Å². The lowest BCUT2D eigenvalue weighted by atomic mass is 9.89. The molecule has 0 bridgehead atoms. The third-order valence-corrected chi connectivity index (χ3v) is 5.22. The Hall–Kier alpha value is -2.13. The minimum Gasteiger partial charge on any atom is -0.356 e. The molecule has 25 heavy (non-hydrogen) atoms. The van der Waals surface area contributed by atoms with Crippen LogP contribution < -0.4 is 5.32 Å². The maximum absolute atomic E-state index is 12.6. The Bertz CT molecular complexity index is 684. The van der Waals surface area contributed by atoms with Gasteiger partial charge in [0.05, 0.1) is 0 Å². The molecule has 3 rings (SSSR count). The van der Waals surface area contributed by atoms with E-state index in [2.05, 4.69) is 60.7 Å². The molecule has 1 N–H and O–H groups in total. The van der Waals surface area contributed by atoms with Gasteiger partial charge >= 0.3 is 0 Å². The summed E-state index contributed by atoms with van der Waals surface area (Å²) in [7, 11) is 4.21. The molecule has 2 aromatic rings. The van der Waals surface area contributed by atoms with Crippen molar-refractivity contribution in [1.29, 1.82) is 0 Å². The number of carbonyl (C=O) groups is 1. The molecule has 0 heterocycles. The van der Waals surface area contributed by atoms with E-state index in [1.165, 1.54) is 11.1 Å². The van der Waals surface area contributed by atoms with Gasteiger partial charge in [0, 0.05) is 24.9 Å². The van der Waals surface area contributed by atoms with Gasteiger partial charge in [-0.3, -0.25) is 4.79 Å². The second-order valence-corrected chi connectivity index (χ2v) is 7.45. The van der Waals surface area contributed by atoms with Crippen molar-refractivity contribution in [2.75, 3.05) is 27.2 Å². The predicted molar refractivity (Wildman–Crippen MR) is 103 cm³/mol. The molecule has 1 fully saturated rings. The number of benzene rings is 2. The van der Waals surface area contributed by atoms with Crippen LogP contribution in [0.4, 0.5) is 0 Å². The van der Waals surface area contributed by atoms with E-state index in [9.17, 15) is 4.79 Å². The highest BCUT2D eigenvalue weighted by molar-refractivity contribution is 5.78. The van der Waals surface area contributed by atoms with E-state index in [0.717, 1.165) is 19.4 Å². The molecule has 1 amide bonds. The van der Waals surface area contributed by atoms with Crippen LogP contribution in [0.2, 0.25) is 0 Å². The maximum atomic E-state index is 12.6. The highest BCUT2D eigenvalue weighted by Gasteiger charge is 2.55. The van der Waals surface area contributed by atoms with Gasteiger partial charge in [0.2, 0.25) is 5.91 Å². The number of hydrogen-bond acceptors (Lipinski definition) is 2. The monoisotopic (exact) mass is 336 g/mol. The van der Waals surface area contributed by atoms with Gasteiger partial charge in [0.25, 0.3) is 0 Å². The number of nitrogens with zero attached hydrogens (tertiary/aromatic N) is 1. The Kier molecular flexibility index (Phi) is 5.54. The molecule has 1 aliphatic carbocycles. The fraction of sp³-hybridized carbons (Fsp3) is 0.409. The van der Waals surface area contributed by atoms with Crippen LogP contribution in [0, 0.1) is 5.92 Å². The van der Waals surface area contributed by atoms with Gasteiger partial charge in [0.1, 0.15) is 0 Å². The topological polar surface area (TPSA) is 32.3 Å². The zero-order valence-electron chi connectivity index (χ0n) is 15.2. The zero-order valence-corrected chi connectivity index (χ0v) is 15.2. The summed E-state index contributed by atoms with van der Waals surface area (Å²) in [5.41, 5.74) is 2.58. The Morgan fingerprint density at radius 2 is 1.72 bits per heavy atom. The first-order chi connectivity index (χ1) is 12.1. The molecule has 0 spiro atoms. The smallest absolute Gasteiger partial charge is 0.220 e. The summed E-state index contributed by atoms with van der Waals surface area (Å²) in [4.78, 5) is 14.8. The molecule has 132 valence electrons. The normalized spacial score (nSPS) is 22.0. The molecule has 2 unspecified atom stereocenters. The molecule has 0 aromatic heterocycles. The summed E-state index contributed by atoms with van der Waals surface area (Å²) in [6, 6.07) is 20.8. The van der Waals surface area contributed by atoms with Crippen LogP contribution in [0.5, 0.6) is 0 Å². The summed E-state index contributed by atoms with van der Waals surface area (Å²) in [6.45, 7) is 1.73. The van der Waals surface area contributed by atoms with E-state index in [0.29, 0.717) is 18.9 Å². The SMILES string of the molecule is CN(C)CC1CC1(CC(=O)NCCc1ccccc1)c1ccccc1. The fourth-order valence-electron chi connectivity index (χ4n) is 3.84. The van der Waals surface area contributed by atoms with Crippen LogP contribution >= 0.6 is 0 Å². The van der Waals surface area contributed by atoms with Crippen molar-refractivity contribution in [2.24, 2.45) is 5.92 Å². The van der Waals surface area contributed by atoms with Crippen molar-refractivity contribution >= 4 is 5.91 Å². The third kappa shape index (κ3) is 4.49. The standard InChI is InChI=1S/C22H28N2O/c1-24(2)17-20-15-22(20,19-11-7-4-8-12-19)16-21(25)23-14-13-18-9-5-3-6-10-18/h3-12,20H,13-17H2,1-2H3,(H,23,25). The number of hydrogen-bond donors (Lipinski definition) is 1. The number of carbonyl (C=O) groups excluding carboxylic acids is 1. The second-order valence-electron chi connectivity index (χ2n) is 7.45. The van der Waals surface area contributed by atoms with E-state index >= 15 is 0 Å². The molecule has 0 radical (unpaired) electrons. The minimum absolute atomic E-state index is 0.0162. The number of amides is 1. The number of nitrogens with one attached hydrogen (secondary N) is 1. The molecule has 0 aliphatic heterocycles. The summed E-state index contributed by atoms with van der Waals surface area (Å²) >= 11 is 0. The summed E-state index contributed by atoms with van der Waals surface area (Å²) in [5.74, 6) is 0.728. The van der Waals surface area contributed by atoms with Crippen LogP contribution in [0.1, 0.15) is 24.0 Å². The van der Waals surface area contributed by atoms with Crippen molar-refractivity contribution in [3.63, 3.8) is 0 Å². The van der Waals surface area contributed by atoms with Crippen LogP contribution in [-0.2, 0) is 16.6 Å². The van der Waals surface area contributed by atoms with Gasteiger partial charge in [-0.25, -0.2) is 0 Å². The molecular weight excluding hydrogens is 308 g/mol. The summed E-state index contributed by atoms with van der Waals surface area (Å²) in [5, 5.41) is 3.12. The fourth-order valence-corrected chi connectivity index (χ4v) is 3.84. The van der Waals surface area contributed by atoms with Crippen molar-refractivity contribution in [3.05, 3.63) is 71.8 Å². The van der Waals surface area contributed by atoms with E-state index in [1.807, 2.05) is 24.3 Å². The summed E-state index contributed by atoms with van der Waals surface area (Å²) in [6.07, 6.45) is 2.57. The maximum Gasteiger partial charge on any atom is 0.220 e. The Morgan fingerprint density at radius 1 is 1.08 bits per heavy atom. The molecule has 2 atom stereocenters. The van der Waals surface area contributed by atoms with Crippen molar-refractivity contribution < 1.29 is 4.79 Å². The highest BCUT2D eigenvalue weighted by Crippen LogP contribution is 2.56. The quantitative estimate of drug-likeness (QED) is 0.802. The molecule has 3 heteroatoms. The molecule has 1 aliphatic rings. The highest BCUT2D eigenvalue weighted by atomic mass is 16.1. The van der Waals surface area contributed by atoms with Crippen molar-refractivity contribution in [2.45, 2.75) is 24.7 Å². The zero-order chi connectivity index (χ0) is 17.7. The average molecular weight is 336 g/mol. The van der Waals surface area contributed by atoms with Gasteiger partial charge in [-0.05, 0) is 44.0 Å². The number of rotatable bonds is 8. The van der Waals surface area contributed by atoms with Gasteiger partial charge in [-0.15, -0.1) is 0 Å². The first-order valence-electron chi connectivity index (χ1n) is 9.11. The Balaban J connectivity index is 1.58. The van der Waals surface area contributed by atoms with Crippen LogP contribution in [-0.4, -0.2) is 38.0 Å². The second kappa shape index (κ2) is 7.83. The van der Waals surface area contributed by atoms with Crippen LogP contribution in [0.15, 0.2) is 60.7 Å². The predicted octanol–water partition coefficient (Wildman–Crippen LogP) is 3.25. The van der Waals surface area contributed by atoms with E-state index in [4.69, 9.17) is 0 Å². The molecule has 3 nitrogen and oxygen atoms in total. The molecule has 0 saturated heterocycles. The first-order valence-corrected chi connectivity index (χ1v) is 9.11. The molecule has 2 aromatic carbocycles. The lowest BCUT2D eigenvalue weighted by Crippen LogP contribution is -2.31. The van der Waals surface area contributed by atoms with Crippen molar-refractivity contribution in [3.8, 4) is 0 Å². The summed E-state index contributed by atoms with van der Waals surface area (Å²) < 4.78 is 0. The van der Waals surface area contributed by atoms with Crippen LogP contribution in [0.25, 0.3) is 0 Å². The lowest BCUT2D eigenvalue weighted by Gasteiger charge is -2.20. The minimum atomic E-state index is 0.0162. The van der Waals surface area contributed by atoms with Gasteiger partial charge in [0.15, 0.2) is 0 Å². The van der Waals surface area contributed by atoms with Gasteiger partial charge in [-0.2, -0.15) is 0 Å².